The number of nitrogens with zero attached hydrogens (tertiary/aromatic N) is 2. The Bertz CT molecular complexity index is 1090. The second-order valence-electron chi connectivity index (χ2n) is 8.17. The zero-order valence-corrected chi connectivity index (χ0v) is 19.3. The summed E-state index contributed by atoms with van der Waals surface area (Å²) in [6.45, 7) is 9.95. The minimum Gasteiger partial charge on any atom is -0.352 e. The summed E-state index contributed by atoms with van der Waals surface area (Å²) in [5, 5.41) is 3.33. The van der Waals surface area contributed by atoms with E-state index < -0.39 is 15.6 Å². The molecule has 1 aromatic carbocycles. The molecule has 1 aliphatic rings. The predicted molar refractivity (Wildman–Crippen MR) is 122 cm³/mol. The number of likely N-dealkylation sites (tertiary alicyclic amines) is 1. The van der Waals surface area contributed by atoms with Gasteiger partial charge < -0.3 is 15.2 Å². The topological polar surface area (TPSA) is 103 Å². The molecule has 3 rings (SSSR count). The fraction of sp³-hybridized carbons (Fsp3) is 0.545. The Morgan fingerprint density at radius 3 is 2.52 bits per heavy atom. The molecule has 0 radical (unpaired) electrons. The highest BCUT2D eigenvalue weighted by atomic mass is 32.2. The number of aromatic amines is 1. The molecule has 1 fully saturated rings. The van der Waals surface area contributed by atoms with E-state index in [4.69, 9.17) is 0 Å². The Labute approximate surface area is 183 Å². The van der Waals surface area contributed by atoms with Crippen molar-refractivity contribution in [3.8, 4) is 0 Å². The van der Waals surface area contributed by atoms with Gasteiger partial charge in [0.05, 0.1) is 10.5 Å². The second-order valence-corrected chi connectivity index (χ2v) is 10.1. The van der Waals surface area contributed by atoms with Gasteiger partial charge >= 0.3 is 0 Å². The molecule has 9 heteroatoms. The van der Waals surface area contributed by atoms with Crippen LogP contribution in [0.4, 0.5) is 0 Å². The Balaban J connectivity index is 1.86. The number of sulfonamides is 1. The molecule has 1 aromatic heterocycles. The first-order chi connectivity index (χ1) is 14.8. The average molecular weight is 449 g/mol. The molecular weight excluding hydrogens is 416 g/mol. The SMILES string of the molecule is CCN(CC)S(=O)(=O)c1ccc2[nH]c(=O)cc(C(=O)NCC(C)CN3CCCC3)c2c1. The Morgan fingerprint density at radius 2 is 1.87 bits per heavy atom. The number of hydrogen-bond donors (Lipinski definition) is 2. The Morgan fingerprint density at radius 1 is 1.19 bits per heavy atom. The van der Waals surface area contributed by atoms with Gasteiger partial charge in [0.1, 0.15) is 0 Å². The number of carbonyl (C=O) groups excluding carboxylic acids is 1. The van der Waals surface area contributed by atoms with Crippen molar-refractivity contribution in [2.75, 3.05) is 39.3 Å². The molecule has 170 valence electrons. The van der Waals surface area contributed by atoms with Crippen LogP contribution in [0.25, 0.3) is 10.9 Å². The van der Waals surface area contributed by atoms with Crippen LogP contribution in [0.15, 0.2) is 34.0 Å². The van der Waals surface area contributed by atoms with Crippen LogP contribution in [0.3, 0.4) is 0 Å². The quantitative estimate of drug-likeness (QED) is 0.611. The zero-order chi connectivity index (χ0) is 22.6. The zero-order valence-electron chi connectivity index (χ0n) is 18.5. The van der Waals surface area contributed by atoms with Crippen molar-refractivity contribution in [2.24, 2.45) is 5.92 Å². The molecule has 2 aromatic rings. The smallest absolute Gasteiger partial charge is 0.252 e. The van der Waals surface area contributed by atoms with Crippen molar-refractivity contribution < 1.29 is 13.2 Å². The summed E-state index contributed by atoms with van der Waals surface area (Å²) >= 11 is 0. The second kappa shape index (κ2) is 9.93. The van der Waals surface area contributed by atoms with Gasteiger partial charge in [-0.05, 0) is 50.0 Å². The molecule has 0 bridgehead atoms. The van der Waals surface area contributed by atoms with Gasteiger partial charge in [0.2, 0.25) is 15.6 Å². The number of fused-ring (bicyclic) bond motifs is 1. The van der Waals surface area contributed by atoms with Crippen molar-refractivity contribution in [3.05, 3.63) is 40.2 Å². The third-order valence-electron chi connectivity index (χ3n) is 5.78. The lowest BCUT2D eigenvalue weighted by Gasteiger charge is -2.20. The van der Waals surface area contributed by atoms with E-state index >= 15 is 0 Å². The van der Waals surface area contributed by atoms with E-state index in [9.17, 15) is 18.0 Å². The van der Waals surface area contributed by atoms with Crippen LogP contribution in [-0.4, -0.2) is 67.8 Å². The van der Waals surface area contributed by atoms with Gasteiger partial charge in [-0.2, -0.15) is 4.31 Å². The number of pyridine rings is 1. The molecule has 1 aliphatic heterocycles. The molecule has 1 saturated heterocycles. The molecule has 0 aliphatic carbocycles. The number of amides is 1. The summed E-state index contributed by atoms with van der Waals surface area (Å²) in [5.41, 5.74) is 0.215. The summed E-state index contributed by atoms with van der Waals surface area (Å²) in [6, 6.07) is 5.71. The highest BCUT2D eigenvalue weighted by Crippen LogP contribution is 2.23. The van der Waals surface area contributed by atoms with E-state index in [0.717, 1.165) is 19.6 Å². The molecule has 2 N–H and O–H groups in total. The van der Waals surface area contributed by atoms with Crippen molar-refractivity contribution in [2.45, 2.75) is 38.5 Å². The summed E-state index contributed by atoms with van der Waals surface area (Å²) in [5.74, 6) is -0.101. The van der Waals surface area contributed by atoms with E-state index in [-0.39, 0.29) is 22.3 Å². The fourth-order valence-corrected chi connectivity index (χ4v) is 5.61. The minimum atomic E-state index is -3.68. The van der Waals surface area contributed by atoms with Crippen LogP contribution in [0.1, 0.15) is 44.0 Å². The van der Waals surface area contributed by atoms with Gasteiger partial charge in [0.25, 0.3) is 5.91 Å². The first kappa shape index (κ1) is 23.4. The molecule has 0 saturated carbocycles. The van der Waals surface area contributed by atoms with Crippen LogP contribution in [0, 0.1) is 5.92 Å². The molecule has 1 amide bonds. The maximum atomic E-state index is 12.9. The minimum absolute atomic E-state index is 0.104. The van der Waals surface area contributed by atoms with Crippen LogP contribution < -0.4 is 10.9 Å². The molecule has 0 spiro atoms. The lowest BCUT2D eigenvalue weighted by atomic mass is 10.1. The van der Waals surface area contributed by atoms with Crippen LogP contribution in [-0.2, 0) is 10.0 Å². The Hall–Kier alpha value is -2.23. The van der Waals surface area contributed by atoms with Crippen LogP contribution in [0.5, 0.6) is 0 Å². The molecule has 1 unspecified atom stereocenters. The maximum Gasteiger partial charge on any atom is 0.252 e. The molecule has 2 heterocycles. The van der Waals surface area contributed by atoms with Gasteiger partial charge in [-0.15, -0.1) is 0 Å². The molecule has 31 heavy (non-hydrogen) atoms. The number of carbonyl (C=O) groups is 1. The third-order valence-corrected chi connectivity index (χ3v) is 7.83. The lowest BCUT2D eigenvalue weighted by molar-refractivity contribution is 0.0946. The van der Waals surface area contributed by atoms with Gasteiger partial charge in [-0.3, -0.25) is 9.59 Å². The van der Waals surface area contributed by atoms with Crippen molar-refractivity contribution >= 4 is 26.8 Å². The summed E-state index contributed by atoms with van der Waals surface area (Å²) in [4.78, 5) is 30.2. The van der Waals surface area contributed by atoms with Gasteiger partial charge in [-0.25, -0.2) is 8.42 Å². The maximum absolute atomic E-state index is 12.9. The van der Waals surface area contributed by atoms with Crippen molar-refractivity contribution in [1.82, 2.24) is 19.5 Å². The number of hydrogen-bond acceptors (Lipinski definition) is 5. The number of rotatable bonds is 9. The molecular formula is C22H32N4O4S. The summed E-state index contributed by atoms with van der Waals surface area (Å²) in [7, 11) is -3.68. The highest BCUT2D eigenvalue weighted by Gasteiger charge is 2.23. The summed E-state index contributed by atoms with van der Waals surface area (Å²) < 4.78 is 27.2. The van der Waals surface area contributed by atoms with Crippen LogP contribution in [0.2, 0.25) is 0 Å². The number of benzene rings is 1. The standard InChI is InChI=1S/C22H32N4O4S/c1-4-26(5-2)31(29,30)17-8-9-20-18(12-17)19(13-21(27)24-20)22(28)23-14-16(3)15-25-10-6-7-11-25/h8-9,12-13,16H,4-7,10-11,14-15H2,1-3H3,(H,23,28)(H,24,27). The van der Waals surface area contributed by atoms with Gasteiger partial charge in [0, 0.05) is 43.1 Å². The van der Waals surface area contributed by atoms with Gasteiger partial charge in [0.15, 0.2) is 0 Å². The summed E-state index contributed by atoms with van der Waals surface area (Å²) in [6.07, 6.45) is 2.44. The molecule has 8 nitrogen and oxygen atoms in total. The predicted octanol–water partition coefficient (Wildman–Crippen LogP) is 2.02. The fourth-order valence-electron chi connectivity index (χ4n) is 4.13. The van der Waals surface area contributed by atoms with Gasteiger partial charge in [-0.1, -0.05) is 20.8 Å². The van der Waals surface area contributed by atoms with Crippen LogP contribution >= 0.6 is 0 Å². The molecule has 1 atom stereocenters. The monoisotopic (exact) mass is 448 g/mol. The first-order valence-corrected chi connectivity index (χ1v) is 12.4. The van der Waals surface area contributed by atoms with E-state index in [2.05, 4.69) is 22.1 Å². The van der Waals surface area contributed by atoms with Crippen molar-refractivity contribution in [3.63, 3.8) is 0 Å². The number of nitrogens with one attached hydrogen (secondary N) is 2. The number of aromatic nitrogens is 1. The lowest BCUT2D eigenvalue weighted by Crippen LogP contribution is -2.35. The van der Waals surface area contributed by atoms with Crippen molar-refractivity contribution in [1.29, 1.82) is 0 Å². The van der Waals surface area contributed by atoms with E-state index in [0.29, 0.717) is 30.5 Å². The highest BCUT2D eigenvalue weighted by molar-refractivity contribution is 7.89. The Kier molecular flexibility index (Phi) is 7.51. The third kappa shape index (κ3) is 5.34. The first-order valence-electron chi connectivity index (χ1n) is 10.9. The van der Waals surface area contributed by atoms with E-state index in [1.165, 1.54) is 35.3 Å². The van der Waals surface area contributed by atoms with E-state index in [1.54, 1.807) is 19.9 Å². The largest absolute Gasteiger partial charge is 0.352 e. The normalized spacial score (nSPS) is 16.1. The van der Waals surface area contributed by atoms with E-state index in [1.807, 2.05) is 0 Å². The number of H-pyrrole nitrogens is 1. The average Bonchev–Trinajstić information content (AvgIpc) is 3.24.